The van der Waals surface area contributed by atoms with Gasteiger partial charge in [-0.1, -0.05) is 25.2 Å². The first kappa shape index (κ1) is 21.5. The van der Waals surface area contributed by atoms with Gasteiger partial charge < -0.3 is 14.9 Å². The van der Waals surface area contributed by atoms with Crippen LogP contribution < -0.4 is 0 Å². The van der Waals surface area contributed by atoms with Crippen molar-refractivity contribution < 1.29 is 19.7 Å². The molecule has 7 nitrogen and oxygen atoms in total. The lowest BCUT2D eigenvalue weighted by Crippen LogP contribution is -2.19. The SMILES string of the molecule is O=C(O)c1cc(-c2ccc(O)cc2)nc2c1c(C#CC1CCCCC1)nn2C1CCCCO1. The fourth-order valence-electron chi connectivity index (χ4n) is 4.71. The molecule has 1 saturated carbocycles. The van der Waals surface area contributed by atoms with Gasteiger partial charge in [-0.25, -0.2) is 14.5 Å². The summed E-state index contributed by atoms with van der Waals surface area (Å²) in [6, 6.07) is 8.12. The molecule has 33 heavy (non-hydrogen) atoms. The molecule has 2 N–H and O–H groups in total. The average Bonchev–Trinajstić information content (AvgIpc) is 3.22. The van der Waals surface area contributed by atoms with Gasteiger partial charge in [0.2, 0.25) is 0 Å². The van der Waals surface area contributed by atoms with Crippen LogP contribution in [0.15, 0.2) is 30.3 Å². The fraction of sp³-hybridized carbons (Fsp3) is 0.423. The van der Waals surface area contributed by atoms with E-state index in [-0.39, 0.29) is 17.5 Å². The summed E-state index contributed by atoms with van der Waals surface area (Å²) in [6.07, 6.45) is 8.27. The Hall–Kier alpha value is -3.37. The minimum atomic E-state index is -1.05. The standard InChI is InChI=1S/C26H27N3O4/c30-19-12-10-18(11-13-19)22-16-20(26(31)32)24-21(14-9-17-6-2-1-3-7-17)28-29(25(24)27-22)23-8-4-5-15-33-23/h10-13,16-17,23,30H,1-8,15H2,(H,31,32). The molecule has 0 amide bonds. The van der Waals surface area contributed by atoms with Crippen molar-refractivity contribution in [2.24, 2.45) is 5.92 Å². The van der Waals surface area contributed by atoms with Gasteiger partial charge in [0, 0.05) is 18.1 Å². The van der Waals surface area contributed by atoms with Crippen LogP contribution in [0.25, 0.3) is 22.3 Å². The highest BCUT2D eigenvalue weighted by molar-refractivity contribution is 6.05. The maximum atomic E-state index is 12.3. The topological polar surface area (TPSA) is 97.5 Å². The van der Waals surface area contributed by atoms with E-state index in [9.17, 15) is 15.0 Å². The van der Waals surface area contributed by atoms with E-state index in [1.54, 1.807) is 35.0 Å². The van der Waals surface area contributed by atoms with Gasteiger partial charge in [-0.05, 0) is 68.4 Å². The van der Waals surface area contributed by atoms with Gasteiger partial charge in [0.1, 0.15) is 11.4 Å². The summed E-state index contributed by atoms with van der Waals surface area (Å²) in [5, 5.41) is 24.9. The van der Waals surface area contributed by atoms with Crippen LogP contribution in [0.3, 0.4) is 0 Å². The minimum absolute atomic E-state index is 0.123. The number of nitrogens with zero attached hydrogens (tertiary/aromatic N) is 3. The zero-order valence-electron chi connectivity index (χ0n) is 18.5. The summed E-state index contributed by atoms with van der Waals surface area (Å²) >= 11 is 0. The molecule has 0 bridgehead atoms. The van der Waals surface area contributed by atoms with Crippen LogP contribution in [-0.2, 0) is 4.74 Å². The van der Waals surface area contributed by atoms with Crippen LogP contribution in [0.4, 0.5) is 0 Å². The van der Waals surface area contributed by atoms with Crippen molar-refractivity contribution in [2.45, 2.75) is 57.6 Å². The lowest BCUT2D eigenvalue weighted by Gasteiger charge is -2.23. The molecular weight excluding hydrogens is 418 g/mol. The number of ether oxygens (including phenoxy) is 1. The van der Waals surface area contributed by atoms with Crippen molar-refractivity contribution in [1.82, 2.24) is 14.8 Å². The quantitative estimate of drug-likeness (QED) is 0.542. The monoisotopic (exact) mass is 445 g/mol. The van der Waals surface area contributed by atoms with Crippen LogP contribution in [0, 0.1) is 17.8 Å². The number of phenolic OH excluding ortho intramolecular Hbond substituents is 1. The molecule has 1 aromatic carbocycles. The second-order valence-electron chi connectivity index (χ2n) is 8.82. The maximum Gasteiger partial charge on any atom is 0.336 e. The Balaban J connectivity index is 1.69. The molecule has 1 unspecified atom stereocenters. The van der Waals surface area contributed by atoms with Crippen LogP contribution >= 0.6 is 0 Å². The lowest BCUT2D eigenvalue weighted by atomic mass is 9.90. The molecule has 2 fully saturated rings. The molecule has 7 heteroatoms. The van der Waals surface area contributed by atoms with Gasteiger partial charge in [0.15, 0.2) is 11.9 Å². The predicted octanol–water partition coefficient (Wildman–Crippen LogP) is 5.13. The normalized spacial score (nSPS) is 19.2. The van der Waals surface area contributed by atoms with Crippen LogP contribution in [0.1, 0.15) is 73.6 Å². The summed E-state index contributed by atoms with van der Waals surface area (Å²) in [5.74, 6) is 5.97. The largest absolute Gasteiger partial charge is 0.508 e. The third-order valence-corrected chi connectivity index (χ3v) is 6.48. The molecular formula is C26H27N3O4. The van der Waals surface area contributed by atoms with E-state index in [0.717, 1.165) is 32.1 Å². The second kappa shape index (κ2) is 9.24. The van der Waals surface area contributed by atoms with Gasteiger partial charge in [-0.15, -0.1) is 0 Å². The Morgan fingerprint density at radius 3 is 2.52 bits per heavy atom. The number of hydrogen-bond donors (Lipinski definition) is 2. The molecule has 5 rings (SSSR count). The smallest absolute Gasteiger partial charge is 0.336 e. The predicted molar refractivity (Wildman–Crippen MR) is 124 cm³/mol. The van der Waals surface area contributed by atoms with E-state index in [1.165, 1.54) is 19.3 Å². The van der Waals surface area contributed by atoms with Gasteiger partial charge >= 0.3 is 5.97 Å². The van der Waals surface area contributed by atoms with Gasteiger partial charge in [0.25, 0.3) is 0 Å². The number of phenols is 1. The molecule has 170 valence electrons. The van der Waals surface area contributed by atoms with Crippen molar-refractivity contribution in [1.29, 1.82) is 0 Å². The lowest BCUT2D eigenvalue weighted by molar-refractivity contribution is -0.0370. The van der Waals surface area contributed by atoms with E-state index in [2.05, 4.69) is 11.8 Å². The Kier molecular flexibility index (Phi) is 6.01. The minimum Gasteiger partial charge on any atom is -0.508 e. The molecule has 1 atom stereocenters. The summed E-state index contributed by atoms with van der Waals surface area (Å²) in [6.45, 7) is 0.637. The van der Waals surface area contributed by atoms with E-state index >= 15 is 0 Å². The molecule has 0 spiro atoms. The molecule has 2 aliphatic rings. The first-order valence-corrected chi connectivity index (χ1v) is 11.7. The average molecular weight is 446 g/mol. The number of carboxylic acid groups (broad SMARTS) is 1. The van der Waals surface area contributed by atoms with Crippen molar-refractivity contribution in [3.8, 4) is 28.8 Å². The Bertz CT molecular complexity index is 1220. The van der Waals surface area contributed by atoms with E-state index in [1.807, 2.05) is 0 Å². The number of rotatable bonds is 3. The zero-order valence-corrected chi connectivity index (χ0v) is 18.5. The van der Waals surface area contributed by atoms with Crippen LogP contribution in [0.2, 0.25) is 0 Å². The number of pyridine rings is 1. The van der Waals surface area contributed by atoms with Crippen molar-refractivity contribution >= 4 is 17.0 Å². The molecule has 1 saturated heterocycles. The third kappa shape index (κ3) is 4.44. The highest BCUT2D eigenvalue weighted by atomic mass is 16.5. The summed E-state index contributed by atoms with van der Waals surface area (Å²) in [5.41, 5.74) is 2.26. The van der Waals surface area contributed by atoms with Crippen LogP contribution in [-0.4, -0.2) is 37.6 Å². The number of carboxylic acids is 1. The molecule has 3 aromatic rings. The summed E-state index contributed by atoms with van der Waals surface area (Å²) < 4.78 is 7.69. The number of aromatic hydroxyl groups is 1. The molecule has 1 aliphatic carbocycles. The van der Waals surface area contributed by atoms with E-state index in [4.69, 9.17) is 14.8 Å². The first-order chi connectivity index (χ1) is 16.1. The Morgan fingerprint density at radius 1 is 1.06 bits per heavy atom. The number of hydrogen-bond acceptors (Lipinski definition) is 5. The number of aromatic carboxylic acids is 1. The highest BCUT2D eigenvalue weighted by Crippen LogP contribution is 2.32. The van der Waals surface area contributed by atoms with E-state index in [0.29, 0.717) is 40.5 Å². The highest BCUT2D eigenvalue weighted by Gasteiger charge is 2.26. The number of fused-ring (bicyclic) bond motifs is 1. The Labute approximate surface area is 192 Å². The van der Waals surface area contributed by atoms with Crippen molar-refractivity contribution in [3.05, 3.63) is 41.6 Å². The van der Waals surface area contributed by atoms with Gasteiger partial charge in [-0.2, -0.15) is 5.10 Å². The van der Waals surface area contributed by atoms with Crippen molar-refractivity contribution in [2.75, 3.05) is 6.61 Å². The van der Waals surface area contributed by atoms with Crippen molar-refractivity contribution in [3.63, 3.8) is 0 Å². The van der Waals surface area contributed by atoms with Gasteiger partial charge in [-0.3, -0.25) is 0 Å². The number of benzene rings is 1. The maximum absolute atomic E-state index is 12.3. The molecule has 0 radical (unpaired) electrons. The fourth-order valence-corrected chi connectivity index (χ4v) is 4.71. The number of carbonyl (C=O) groups is 1. The Morgan fingerprint density at radius 2 is 1.82 bits per heavy atom. The summed E-state index contributed by atoms with van der Waals surface area (Å²) in [4.78, 5) is 17.1. The molecule has 1 aliphatic heterocycles. The molecule has 2 aromatic heterocycles. The van der Waals surface area contributed by atoms with Crippen LogP contribution in [0.5, 0.6) is 5.75 Å². The molecule has 3 heterocycles. The van der Waals surface area contributed by atoms with Gasteiger partial charge in [0.05, 0.1) is 16.6 Å². The zero-order chi connectivity index (χ0) is 22.8. The first-order valence-electron chi connectivity index (χ1n) is 11.7. The summed E-state index contributed by atoms with van der Waals surface area (Å²) in [7, 11) is 0. The van der Waals surface area contributed by atoms with E-state index < -0.39 is 5.97 Å². The second-order valence-corrected chi connectivity index (χ2v) is 8.82. The third-order valence-electron chi connectivity index (χ3n) is 6.48. The number of aromatic nitrogens is 3.